The zero-order valence-electron chi connectivity index (χ0n) is 12.0. The molecule has 1 fully saturated rings. The topological polar surface area (TPSA) is 104 Å². The third-order valence-corrected chi connectivity index (χ3v) is 3.15. The molecule has 0 N–H and O–H groups in total. The first-order chi connectivity index (χ1) is 10.3. The monoisotopic (exact) mass is 349 g/mol. The van der Waals surface area contributed by atoms with Gasteiger partial charge in [-0.15, -0.1) is 10.2 Å². The first-order valence-corrected chi connectivity index (χ1v) is 8.08. The summed E-state index contributed by atoms with van der Waals surface area (Å²) in [5.41, 5.74) is 2.30. The fraction of sp³-hybridized carbons (Fsp3) is 0.357. The van der Waals surface area contributed by atoms with Gasteiger partial charge in [-0.05, 0) is 12.5 Å². The normalized spacial score (nSPS) is 15.9. The molecule has 0 aromatic heterocycles. The molecule has 1 heterocycles. The van der Waals surface area contributed by atoms with E-state index in [1.807, 2.05) is 24.4 Å². The number of halogens is 2. The molecule has 0 saturated carbocycles. The van der Waals surface area contributed by atoms with Crippen LogP contribution in [0.25, 0.3) is 5.03 Å². The molecule has 1 aliphatic heterocycles. The van der Waals surface area contributed by atoms with Crippen molar-refractivity contribution in [2.24, 2.45) is 0 Å². The Labute approximate surface area is 136 Å². The highest BCUT2D eigenvalue weighted by Crippen LogP contribution is 2.18. The molecule has 22 heavy (non-hydrogen) atoms. The highest BCUT2D eigenvalue weighted by Gasteiger charge is 2.09. The van der Waals surface area contributed by atoms with Gasteiger partial charge in [0.15, 0.2) is 19.3 Å². The summed E-state index contributed by atoms with van der Waals surface area (Å²) < 4.78 is 41.5. The fourth-order valence-electron chi connectivity index (χ4n) is 1.71. The lowest BCUT2D eigenvalue weighted by Crippen LogP contribution is -2.68. The van der Waals surface area contributed by atoms with Crippen molar-refractivity contribution >= 4 is 22.8 Å². The van der Waals surface area contributed by atoms with E-state index in [0.717, 1.165) is 36.9 Å². The lowest BCUT2D eigenvalue weighted by Gasteiger charge is -2.17. The van der Waals surface area contributed by atoms with E-state index in [4.69, 9.17) is 35.0 Å². The lowest BCUT2D eigenvalue weighted by molar-refractivity contribution is -2.00. The van der Waals surface area contributed by atoms with Crippen LogP contribution in [0.3, 0.4) is 0 Å². The van der Waals surface area contributed by atoms with Crippen LogP contribution >= 0.6 is 11.6 Å². The first kappa shape index (κ1) is 19.1. The number of allylic oxidation sites excluding steroid dienone is 1. The molecule has 8 heteroatoms. The van der Waals surface area contributed by atoms with Crippen molar-refractivity contribution in [2.75, 3.05) is 26.3 Å². The van der Waals surface area contributed by atoms with E-state index in [2.05, 4.69) is 23.6 Å². The number of hydrogen-bond donors (Lipinski definition) is 0. The molecule has 1 aromatic carbocycles. The van der Waals surface area contributed by atoms with E-state index in [1.165, 1.54) is 5.56 Å². The van der Waals surface area contributed by atoms with E-state index in [-0.39, 0.29) is 0 Å². The Hall–Kier alpha value is -0.990. The van der Waals surface area contributed by atoms with Crippen LogP contribution in [0.1, 0.15) is 11.1 Å². The average Bonchev–Trinajstić information content (AvgIpc) is 2.45. The van der Waals surface area contributed by atoms with Crippen LogP contribution in [-0.4, -0.2) is 37.1 Å². The summed E-state index contributed by atoms with van der Waals surface area (Å²) in [6.07, 6.45) is 4.00. The van der Waals surface area contributed by atoms with Crippen molar-refractivity contribution in [1.29, 1.82) is 0 Å². The predicted octanol–water partition coefficient (Wildman–Crippen LogP) is -2.07. The number of aryl methyl sites for hydroxylation is 1. The van der Waals surface area contributed by atoms with Crippen LogP contribution in [0.15, 0.2) is 30.3 Å². The Morgan fingerprint density at radius 3 is 2.14 bits per heavy atom. The van der Waals surface area contributed by atoms with Gasteiger partial charge in [0.25, 0.3) is 0 Å². The molecule has 0 atom stereocenters. The summed E-state index contributed by atoms with van der Waals surface area (Å²) in [6, 6.07) is 8.23. The Bertz CT molecular complexity index is 509. The molecule has 0 spiro atoms. The van der Waals surface area contributed by atoms with Gasteiger partial charge in [-0.3, -0.25) is 0 Å². The minimum absolute atomic E-state index is 0.775. The Balaban J connectivity index is 0.000000422. The Kier molecular flexibility index (Phi) is 7.98. The standard InChI is InChI=1S/C14H17ClNO.ClHO4/c1-12-2-4-13(5-3-12)14(15)6-7-16-8-10-17-11-9-16;2-1(3,4)5/h2-7H,8-11H2,1H3;(H,2,3,4,5)/q+1;/p-1/b14-6-;. The van der Waals surface area contributed by atoms with E-state index in [0.29, 0.717) is 0 Å². The second-order valence-corrected chi connectivity index (χ2v) is 5.72. The Morgan fingerprint density at radius 2 is 1.64 bits per heavy atom. The number of rotatable bonds is 2. The van der Waals surface area contributed by atoms with Gasteiger partial charge >= 0.3 is 0 Å². The molecule has 6 nitrogen and oxygen atoms in total. The molecule has 0 unspecified atom stereocenters. The fourth-order valence-corrected chi connectivity index (χ4v) is 1.89. The van der Waals surface area contributed by atoms with Crippen LogP contribution in [-0.2, 0) is 4.74 Å². The summed E-state index contributed by atoms with van der Waals surface area (Å²) in [5, 5.41) is 0.775. The lowest BCUT2D eigenvalue weighted by atomic mass is 10.1. The largest absolute Gasteiger partial charge is 0.368 e. The van der Waals surface area contributed by atoms with Gasteiger partial charge in [0, 0.05) is 6.08 Å². The highest BCUT2D eigenvalue weighted by atomic mass is 35.7. The smallest absolute Gasteiger partial charge is 0.166 e. The maximum Gasteiger partial charge on any atom is 0.166 e. The minimum atomic E-state index is -4.94. The zero-order chi connectivity index (χ0) is 16.6. The SMILES string of the molecule is Cc1ccc(/C(Cl)=C/C=[N+]2CCOCC2)cc1.[O-][Cl+3]([O-])([O-])[O-]. The van der Waals surface area contributed by atoms with Crippen molar-refractivity contribution in [2.45, 2.75) is 6.92 Å². The minimum Gasteiger partial charge on any atom is -0.368 e. The third-order valence-electron chi connectivity index (χ3n) is 2.80. The Morgan fingerprint density at radius 1 is 1.14 bits per heavy atom. The van der Waals surface area contributed by atoms with E-state index in [9.17, 15) is 0 Å². The third kappa shape index (κ3) is 9.11. The van der Waals surface area contributed by atoms with E-state index >= 15 is 0 Å². The summed E-state index contributed by atoms with van der Waals surface area (Å²) in [6.45, 7) is 5.55. The summed E-state index contributed by atoms with van der Waals surface area (Å²) in [4.78, 5) is 0. The molecule has 1 aliphatic rings. The molecule has 1 saturated heterocycles. The van der Waals surface area contributed by atoms with Crippen LogP contribution in [0.5, 0.6) is 0 Å². The average molecular weight is 350 g/mol. The molecule has 1 aromatic rings. The molecule has 2 rings (SSSR count). The van der Waals surface area contributed by atoms with Crippen molar-refractivity contribution in [3.8, 4) is 0 Å². The number of ether oxygens (including phenoxy) is 1. The summed E-state index contributed by atoms with van der Waals surface area (Å²) in [5.74, 6) is 0. The zero-order valence-corrected chi connectivity index (χ0v) is 13.5. The molecule has 0 radical (unpaired) electrons. The molecular weight excluding hydrogens is 333 g/mol. The number of benzene rings is 1. The van der Waals surface area contributed by atoms with Gasteiger partial charge in [-0.1, -0.05) is 41.4 Å². The quantitative estimate of drug-likeness (QED) is 0.570. The second-order valence-electron chi connectivity index (χ2n) is 4.56. The highest BCUT2D eigenvalue weighted by molar-refractivity contribution is 6.49. The van der Waals surface area contributed by atoms with Crippen molar-refractivity contribution < 1.29 is 38.2 Å². The molecule has 0 amide bonds. The molecular formula is C14H17Cl2NO5. The number of morpholine rings is 1. The van der Waals surface area contributed by atoms with Gasteiger partial charge in [0.05, 0.1) is 5.03 Å². The van der Waals surface area contributed by atoms with Gasteiger partial charge in [-0.25, -0.2) is 23.2 Å². The first-order valence-electron chi connectivity index (χ1n) is 6.47. The number of hydrogen-bond acceptors (Lipinski definition) is 5. The predicted molar refractivity (Wildman–Crippen MR) is 71.9 cm³/mol. The summed E-state index contributed by atoms with van der Waals surface area (Å²) in [7, 11) is -4.94. The van der Waals surface area contributed by atoms with Gasteiger partial charge in [-0.2, -0.15) is 0 Å². The van der Waals surface area contributed by atoms with Crippen LogP contribution in [0, 0.1) is 17.2 Å². The second kappa shape index (κ2) is 9.22. The molecule has 0 aliphatic carbocycles. The van der Waals surface area contributed by atoms with Crippen LogP contribution < -0.4 is 18.6 Å². The van der Waals surface area contributed by atoms with E-state index in [1.54, 1.807) is 0 Å². The molecule has 122 valence electrons. The maximum atomic E-state index is 8.49. The van der Waals surface area contributed by atoms with Gasteiger partial charge in [0.1, 0.15) is 13.2 Å². The van der Waals surface area contributed by atoms with Crippen molar-refractivity contribution in [3.63, 3.8) is 0 Å². The van der Waals surface area contributed by atoms with Crippen LogP contribution in [0.2, 0.25) is 0 Å². The molecule has 0 bridgehead atoms. The van der Waals surface area contributed by atoms with Crippen molar-refractivity contribution in [3.05, 3.63) is 41.5 Å². The van der Waals surface area contributed by atoms with Gasteiger partial charge < -0.3 is 4.74 Å². The van der Waals surface area contributed by atoms with Crippen LogP contribution in [0.4, 0.5) is 0 Å². The number of nitrogens with zero attached hydrogens (tertiary/aromatic N) is 1. The van der Waals surface area contributed by atoms with Crippen molar-refractivity contribution in [1.82, 2.24) is 0 Å². The van der Waals surface area contributed by atoms with E-state index < -0.39 is 10.2 Å². The summed E-state index contributed by atoms with van der Waals surface area (Å²) >= 11 is 6.25. The van der Waals surface area contributed by atoms with Gasteiger partial charge in [0.2, 0.25) is 0 Å². The maximum absolute atomic E-state index is 8.49.